The number of aromatic amines is 2. The predicted molar refractivity (Wildman–Crippen MR) is 123 cm³/mol. The molecule has 160 valence electrons. The molecular weight excluding hydrogens is 402 g/mol. The maximum absolute atomic E-state index is 12.7. The molecule has 5 aromatic rings. The summed E-state index contributed by atoms with van der Waals surface area (Å²) in [5.74, 6) is 1.35. The summed E-state index contributed by atoms with van der Waals surface area (Å²) in [6, 6.07) is 16.3. The molecule has 1 saturated carbocycles. The second-order valence-corrected chi connectivity index (χ2v) is 8.38. The third-order valence-electron chi connectivity index (χ3n) is 6.39. The van der Waals surface area contributed by atoms with Crippen molar-refractivity contribution in [3.8, 4) is 34.2 Å². The molecule has 8 nitrogen and oxygen atoms in total. The molecule has 1 aliphatic rings. The number of rotatable bonds is 4. The predicted octanol–water partition coefficient (Wildman–Crippen LogP) is 4.30. The lowest BCUT2D eigenvalue weighted by Gasteiger charge is -2.12. The molecule has 6 rings (SSSR count). The largest absolute Gasteiger partial charge is 0.343 e. The number of hydrogen-bond donors (Lipinski definition) is 2. The van der Waals surface area contributed by atoms with Gasteiger partial charge in [-0.25, -0.2) is 14.9 Å². The molecule has 1 fully saturated rings. The van der Waals surface area contributed by atoms with Crippen LogP contribution in [0.25, 0.3) is 45.1 Å². The van der Waals surface area contributed by atoms with Crippen LogP contribution in [0.1, 0.15) is 31.7 Å². The third kappa shape index (κ3) is 2.98. The van der Waals surface area contributed by atoms with Gasteiger partial charge in [0.2, 0.25) is 0 Å². The average Bonchev–Trinajstić information content (AvgIpc) is 3.61. The maximum Gasteiger partial charge on any atom is 0.343 e. The van der Waals surface area contributed by atoms with Crippen molar-refractivity contribution in [2.24, 2.45) is 7.05 Å². The number of nitrogens with one attached hydrogen (secondary N) is 2. The van der Waals surface area contributed by atoms with Crippen molar-refractivity contribution in [1.82, 2.24) is 34.5 Å². The number of imidazole rings is 1. The lowest BCUT2D eigenvalue weighted by Crippen LogP contribution is -2.21. The van der Waals surface area contributed by atoms with Crippen LogP contribution in [-0.2, 0) is 7.05 Å². The first-order valence-corrected chi connectivity index (χ1v) is 10.9. The number of nitrogens with zero attached hydrogens (tertiary/aromatic N) is 5. The zero-order valence-corrected chi connectivity index (χ0v) is 17.7. The van der Waals surface area contributed by atoms with Gasteiger partial charge in [0.25, 0.3) is 0 Å². The molecule has 3 heterocycles. The second-order valence-electron chi connectivity index (χ2n) is 8.38. The summed E-state index contributed by atoms with van der Waals surface area (Å²) in [5, 5.41) is 12.5. The zero-order valence-electron chi connectivity index (χ0n) is 17.7. The van der Waals surface area contributed by atoms with E-state index in [4.69, 9.17) is 4.98 Å². The van der Waals surface area contributed by atoms with E-state index in [0.717, 1.165) is 64.9 Å². The van der Waals surface area contributed by atoms with E-state index < -0.39 is 0 Å². The minimum Gasteiger partial charge on any atom is -0.335 e. The quantitative estimate of drug-likeness (QED) is 0.449. The smallest absolute Gasteiger partial charge is 0.335 e. The van der Waals surface area contributed by atoms with Crippen LogP contribution in [0.2, 0.25) is 0 Å². The van der Waals surface area contributed by atoms with Crippen LogP contribution in [0.5, 0.6) is 0 Å². The van der Waals surface area contributed by atoms with Crippen molar-refractivity contribution in [1.29, 1.82) is 0 Å². The van der Waals surface area contributed by atoms with Gasteiger partial charge < -0.3 is 4.98 Å². The van der Waals surface area contributed by atoms with Crippen LogP contribution in [0.15, 0.2) is 59.5 Å². The van der Waals surface area contributed by atoms with Gasteiger partial charge in [-0.15, -0.1) is 0 Å². The molecule has 0 unspecified atom stereocenters. The standard InChI is InChI=1S/C24H23N7O/c1-30-19-13-16(11-12-17(19)14-25-30)20-21(27-22(26-20)15-7-3-2-4-8-15)23-28-29-24(32)31(23)18-9-5-6-10-18/h2-4,7-8,11-14,18H,5-6,9-10H2,1H3,(H,26,27)(H,29,32). The first kappa shape index (κ1) is 18.8. The molecular formula is C24H23N7O. The highest BCUT2D eigenvalue weighted by Gasteiger charge is 2.27. The molecule has 0 amide bonds. The van der Waals surface area contributed by atoms with Crippen LogP contribution in [0.3, 0.4) is 0 Å². The lowest BCUT2D eigenvalue weighted by molar-refractivity contribution is 0.508. The van der Waals surface area contributed by atoms with Crippen molar-refractivity contribution in [2.45, 2.75) is 31.7 Å². The zero-order chi connectivity index (χ0) is 21.7. The summed E-state index contributed by atoms with van der Waals surface area (Å²) in [6.07, 6.45) is 6.09. The Morgan fingerprint density at radius 2 is 1.84 bits per heavy atom. The van der Waals surface area contributed by atoms with Crippen molar-refractivity contribution in [3.63, 3.8) is 0 Å². The van der Waals surface area contributed by atoms with E-state index in [1.807, 2.05) is 60.4 Å². The van der Waals surface area contributed by atoms with E-state index in [9.17, 15) is 4.79 Å². The minimum atomic E-state index is -0.171. The summed E-state index contributed by atoms with van der Waals surface area (Å²) in [5.41, 5.74) is 4.29. The SMILES string of the molecule is Cn1ncc2ccc(-c3nc(-c4ccccc4)[nH]c3-c3n[nH]c(=O)n3C3CCCC3)cc21. The summed E-state index contributed by atoms with van der Waals surface area (Å²) >= 11 is 0. The van der Waals surface area contributed by atoms with E-state index in [-0.39, 0.29) is 11.7 Å². The van der Waals surface area contributed by atoms with Gasteiger partial charge in [-0.05, 0) is 18.9 Å². The molecule has 2 aromatic carbocycles. The van der Waals surface area contributed by atoms with E-state index in [2.05, 4.69) is 26.3 Å². The fourth-order valence-electron chi connectivity index (χ4n) is 4.75. The molecule has 1 aliphatic carbocycles. The fourth-order valence-corrected chi connectivity index (χ4v) is 4.75. The first-order chi connectivity index (χ1) is 15.7. The monoisotopic (exact) mass is 425 g/mol. The molecule has 0 saturated heterocycles. The van der Waals surface area contributed by atoms with Crippen molar-refractivity contribution < 1.29 is 0 Å². The van der Waals surface area contributed by atoms with E-state index >= 15 is 0 Å². The van der Waals surface area contributed by atoms with Gasteiger partial charge in [0.15, 0.2) is 5.82 Å². The highest BCUT2D eigenvalue weighted by Crippen LogP contribution is 2.36. The molecule has 2 N–H and O–H groups in total. The summed E-state index contributed by atoms with van der Waals surface area (Å²) in [7, 11) is 1.93. The Balaban J connectivity index is 1.58. The van der Waals surface area contributed by atoms with E-state index in [1.54, 1.807) is 4.57 Å². The Morgan fingerprint density at radius 3 is 2.66 bits per heavy atom. The normalized spacial score (nSPS) is 14.5. The van der Waals surface area contributed by atoms with Gasteiger partial charge in [0.1, 0.15) is 17.2 Å². The highest BCUT2D eigenvalue weighted by atomic mass is 16.1. The molecule has 0 radical (unpaired) electrons. The minimum absolute atomic E-state index is 0.159. The first-order valence-electron chi connectivity index (χ1n) is 10.9. The van der Waals surface area contributed by atoms with Crippen LogP contribution in [-0.4, -0.2) is 34.5 Å². The van der Waals surface area contributed by atoms with Gasteiger partial charge >= 0.3 is 5.69 Å². The second kappa shape index (κ2) is 7.33. The molecule has 8 heteroatoms. The summed E-state index contributed by atoms with van der Waals surface area (Å²) in [4.78, 5) is 21.1. The van der Waals surface area contributed by atoms with Gasteiger partial charge in [0.05, 0.1) is 11.7 Å². The lowest BCUT2D eigenvalue weighted by atomic mass is 10.1. The van der Waals surface area contributed by atoms with E-state index in [1.165, 1.54) is 0 Å². The highest BCUT2D eigenvalue weighted by molar-refractivity contribution is 5.87. The molecule has 0 aliphatic heterocycles. The molecule has 32 heavy (non-hydrogen) atoms. The molecule has 3 aromatic heterocycles. The van der Waals surface area contributed by atoms with Crippen LogP contribution in [0, 0.1) is 0 Å². The van der Waals surface area contributed by atoms with E-state index in [0.29, 0.717) is 5.82 Å². The van der Waals surface area contributed by atoms with Gasteiger partial charge in [-0.3, -0.25) is 9.25 Å². The maximum atomic E-state index is 12.7. The van der Waals surface area contributed by atoms with Crippen LogP contribution >= 0.6 is 0 Å². The molecule has 0 atom stereocenters. The number of aromatic nitrogens is 7. The summed E-state index contributed by atoms with van der Waals surface area (Å²) in [6.45, 7) is 0. The number of benzene rings is 2. The molecule has 0 bridgehead atoms. The Labute approximate surface area is 183 Å². The van der Waals surface area contributed by atoms with Crippen molar-refractivity contribution in [3.05, 3.63) is 65.2 Å². The Morgan fingerprint density at radius 1 is 1.03 bits per heavy atom. The third-order valence-corrected chi connectivity index (χ3v) is 6.39. The van der Waals surface area contributed by atoms with Gasteiger partial charge in [-0.2, -0.15) is 10.2 Å². The fraction of sp³-hybridized carbons (Fsp3) is 0.250. The van der Waals surface area contributed by atoms with Gasteiger partial charge in [-0.1, -0.05) is 55.3 Å². The average molecular weight is 425 g/mol. The number of H-pyrrole nitrogens is 2. The number of fused-ring (bicyclic) bond motifs is 1. The Kier molecular flexibility index (Phi) is 4.31. The number of hydrogen-bond acceptors (Lipinski definition) is 4. The Bertz CT molecular complexity index is 1470. The van der Waals surface area contributed by atoms with Gasteiger partial charge in [0, 0.05) is 29.6 Å². The summed E-state index contributed by atoms with van der Waals surface area (Å²) < 4.78 is 3.66. The van der Waals surface area contributed by atoms with Crippen LogP contribution in [0.4, 0.5) is 0 Å². The molecule has 0 spiro atoms. The Hall–Kier alpha value is -3.94. The van der Waals surface area contributed by atoms with Crippen molar-refractivity contribution >= 4 is 10.9 Å². The number of aryl methyl sites for hydroxylation is 1. The van der Waals surface area contributed by atoms with Crippen LogP contribution < -0.4 is 5.69 Å². The topological polar surface area (TPSA) is 97.2 Å². The van der Waals surface area contributed by atoms with Crippen molar-refractivity contribution in [2.75, 3.05) is 0 Å².